The van der Waals surface area contributed by atoms with E-state index < -0.39 is 0 Å². The molecule has 0 fully saturated rings. The second kappa shape index (κ2) is 10.4. The number of rotatable bonds is 9. The molecule has 0 radical (unpaired) electrons. The van der Waals surface area contributed by atoms with E-state index in [-0.39, 0.29) is 11.8 Å². The van der Waals surface area contributed by atoms with Gasteiger partial charge in [0.2, 0.25) is 5.91 Å². The molecule has 2 N–H and O–H groups in total. The van der Waals surface area contributed by atoms with E-state index in [1.807, 2.05) is 31.2 Å². The van der Waals surface area contributed by atoms with Crippen LogP contribution in [0.4, 0.5) is 5.69 Å². The molecule has 0 aliphatic rings. The zero-order chi connectivity index (χ0) is 18.8. The fourth-order valence-corrected chi connectivity index (χ4v) is 2.53. The van der Waals surface area contributed by atoms with Gasteiger partial charge in [-0.05, 0) is 37.5 Å². The van der Waals surface area contributed by atoms with Gasteiger partial charge in [-0.15, -0.1) is 0 Å². The van der Waals surface area contributed by atoms with Crippen LogP contribution in [-0.4, -0.2) is 32.1 Å². The largest absolute Gasteiger partial charge is 0.385 e. The number of nitrogens with one attached hydrogen (secondary N) is 2. The van der Waals surface area contributed by atoms with E-state index in [1.165, 1.54) is 5.56 Å². The zero-order valence-electron chi connectivity index (χ0n) is 15.4. The lowest BCUT2D eigenvalue weighted by molar-refractivity contribution is -0.116. The lowest BCUT2D eigenvalue weighted by atomic mass is 10.1. The summed E-state index contributed by atoms with van der Waals surface area (Å²) in [6.45, 7) is 3.16. The Balaban J connectivity index is 1.90. The van der Waals surface area contributed by atoms with Gasteiger partial charge >= 0.3 is 0 Å². The summed E-state index contributed by atoms with van der Waals surface area (Å²) in [6.07, 6.45) is 1.78. The number of methoxy groups -OCH3 is 1. The first kappa shape index (κ1) is 19.7. The first-order valence-corrected chi connectivity index (χ1v) is 8.81. The van der Waals surface area contributed by atoms with Crippen molar-refractivity contribution in [2.45, 2.75) is 26.2 Å². The molecule has 0 aliphatic heterocycles. The lowest BCUT2D eigenvalue weighted by Gasteiger charge is -2.11. The number of aryl methyl sites for hydroxylation is 2. The van der Waals surface area contributed by atoms with Crippen molar-refractivity contribution in [3.8, 4) is 0 Å². The molecule has 0 bridgehead atoms. The standard InChI is InChI=1S/C21H26N2O3/c1-16-8-10-17(11-9-16)12-13-20(24)23-19-7-4-3-6-18(19)21(25)22-14-5-15-26-2/h3-4,6-11H,5,12-15H2,1-2H3,(H,22,25)(H,23,24). The molecule has 26 heavy (non-hydrogen) atoms. The van der Waals surface area contributed by atoms with Gasteiger partial charge in [-0.1, -0.05) is 42.0 Å². The molecule has 0 aromatic heterocycles. The molecule has 2 rings (SSSR count). The summed E-state index contributed by atoms with van der Waals surface area (Å²) in [5, 5.41) is 5.69. The molecule has 2 amide bonds. The van der Waals surface area contributed by atoms with E-state index in [2.05, 4.69) is 10.6 Å². The summed E-state index contributed by atoms with van der Waals surface area (Å²) < 4.78 is 4.97. The summed E-state index contributed by atoms with van der Waals surface area (Å²) in [6, 6.07) is 15.2. The highest BCUT2D eigenvalue weighted by atomic mass is 16.5. The number of anilines is 1. The minimum atomic E-state index is -0.199. The van der Waals surface area contributed by atoms with Crippen LogP contribution in [0.15, 0.2) is 48.5 Å². The average molecular weight is 354 g/mol. The molecule has 5 nitrogen and oxygen atoms in total. The average Bonchev–Trinajstić information content (AvgIpc) is 2.65. The lowest BCUT2D eigenvalue weighted by Crippen LogP contribution is -2.26. The van der Waals surface area contributed by atoms with Crippen LogP contribution in [0, 0.1) is 6.92 Å². The van der Waals surface area contributed by atoms with Gasteiger partial charge in [0.05, 0.1) is 11.3 Å². The van der Waals surface area contributed by atoms with Crippen molar-refractivity contribution in [2.75, 3.05) is 25.6 Å². The maximum absolute atomic E-state index is 12.3. The van der Waals surface area contributed by atoms with Crippen LogP contribution in [0.25, 0.3) is 0 Å². The Labute approximate surface area is 154 Å². The van der Waals surface area contributed by atoms with Crippen molar-refractivity contribution < 1.29 is 14.3 Å². The summed E-state index contributed by atoms with van der Waals surface area (Å²) in [4.78, 5) is 24.6. The van der Waals surface area contributed by atoms with E-state index in [4.69, 9.17) is 4.74 Å². The molecule has 2 aromatic rings. The van der Waals surface area contributed by atoms with Crippen molar-refractivity contribution in [3.63, 3.8) is 0 Å². The molecule has 2 aromatic carbocycles. The van der Waals surface area contributed by atoms with E-state index in [0.29, 0.717) is 37.2 Å². The molecule has 0 saturated heterocycles. The Bertz CT molecular complexity index is 726. The third kappa shape index (κ3) is 6.33. The number of hydrogen-bond acceptors (Lipinski definition) is 3. The van der Waals surface area contributed by atoms with Gasteiger partial charge in [-0.3, -0.25) is 9.59 Å². The van der Waals surface area contributed by atoms with Gasteiger partial charge in [0, 0.05) is 26.7 Å². The highest BCUT2D eigenvalue weighted by Gasteiger charge is 2.12. The summed E-state index contributed by atoms with van der Waals surface area (Å²) in [5.41, 5.74) is 3.32. The molecule has 0 atom stereocenters. The quantitative estimate of drug-likeness (QED) is 0.679. The van der Waals surface area contributed by atoms with Gasteiger partial charge in [-0.2, -0.15) is 0 Å². The highest BCUT2D eigenvalue weighted by molar-refractivity contribution is 6.03. The second-order valence-electron chi connectivity index (χ2n) is 6.18. The van der Waals surface area contributed by atoms with Crippen molar-refractivity contribution in [3.05, 3.63) is 65.2 Å². The summed E-state index contributed by atoms with van der Waals surface area (Å²) >= 11 is 0. The van der Waals surface area contributed by atoms with Crippen molar-refractivity contribution in [1.29, 1.82) is 0 Å². The maximum atomic E-state index is 12.3. The van der Waals surface area contributed by atoms with E-state index >= 15 is 0 Å². The molecule has 0 saturated carbocycles. The first-order valence-electron chi connectivity index (χ1n) is 8.81. The highest BCUT2D eigenvalue weighted by Crippen LogP contribution is 2.16. The summed E-state index contributed by atoms with van der Waals surface area (Å²) in [5.74, 6) is -0.305. The van der Waals surface area contributed by atoms with Gasteiger partial charge in [0.25, 0.3) is 5.91 Å². The van der Waals surface area contributed by atoms with Crippen LogP contribution in [0.1, 0.15) is 34.3 Å². The van der Waals surface area contributed by atoms with Gasteiger partial charge < -0.3 is 15.4 Å². The number of benzene rings is 2. The van der Waals surface area contributed by atoms with Gasteiger partial charge in [-0.25, -0.2) is 0 Å². The monoisotopic (exact) mass is 354 g/mol. The van der Waals surface area contributed by atoms with E-state index in [1.54, 1.807) is 31.4 Å². The Kier molecular flexibility index (Phi) is 7.83. The molecule has 138 valence electrons. The molecule has 0 unspecified atom stereocenters. The molecule has 0 heterocycles. The van der Waals surface area contributed by atoms with Crippen LogP contribution < -0.4 is 10.6 Å². The minimum absolute atomic E-state index is 0.106. The fraction of sp³-hybridized carbons (Fsp3) is 0.333. The van der Waals surface area contributed by atoms with Crippen molar-refractivity contribution in [1.82, 2.24) is 5.32 Å². The molecular weight excluding hydrogens is 328 g/mol. The van der Waals surface area contributed by atoms with Crippen molar-refractivity contribution >= 4 is 17.5 Å². The summed E-state index contributed by atoms with van der Waals surface area (Å²) in [7, 11) is 1.63. The SMILES string of the molecule is COCCCNC(=O)c1ccccc1NC(=O)CCc1ccc(C)cc1. The molecule has 0 aliphatic carbocycles. The maximum Gasteiger partial charge on any atom is 0.253 e. The Morgan fingerprint density at radius 1 is 1.04 bits per heavy atom. The first-order chi connectivity index (χ1) is 12.6. The Hall–Kier alpha value is -2.66. The Morgan fingerprint density at radius 3 is 2.50 bits per heavy atom. The van der Waals surface area contributed by atoms with Crippen molar-refractivity contribution in [2.24, 2.45) is 0 Å². The van der Waals surface area contributed by atoms with Crippen LogP contribution in [-0.2, 0) is 16.0 Å². The number of amides is 2. The topological polar surface area (TPSA) is 67.4 Å². The third-order valence-corrected chi connectivity index (χ3v) is 4.02. The fourth-order valence-electron chi connectivity index (χ4n) is 2.53. The van der Waals surface area contributed by atoms with Crippen LogP contribution in [0.2, 0.25) is 0 Å². The normalized spacial score (nSPS) is 10.4. The predicted octanol–water partition coefficient (Wildman–Crippen LogP) is 3.33. The number of ether oxygens (including phenoxy) is 1. The van der Waals surface area contributed by atoms with Gasteiger partial charge in [0.1, 0.15) is 0 Å². The number of carbonyl (C=O) groups is 2. The van der Waals surface area contributed by atoms with Crippen LogP contribution in [0.3, 0.4) is 0 Å². The molecule has 0 spiro atoms. The van der Waals surface area contributed by atoms with Gasteiger partial charge in [0.15, 0.2) is 0 Å². The van der Waals surface area contributed by atoms with E-state index in [9.17, 15) is 9.59 Å². The second-order valence-corrected chi connectivity index (χ2v) is 6.18. The van der Waals surface area contributed by atoms with Crippen LogP contribution >= 0.6 is 0 Å². The molecule has 5 heteroatoms. The molecular formula is C21H26N2O3. The van der Waals surface area contributed by atoms with Crippen LogP contribution in [0.5, 0.6) is 0 Å². The zero-order valence-corrected chi connectivity index (χ0v) is 15.4. The van der Waals surface area contributed by atoms with E-state index in [0.717, 1.165) is 12.0 Å². The number of para-hydroxylation sites is 1. The smallest absolute Gasteiger partial charge is 0.253 e. The third-order valence-electron chi connectivity index (χ3n) is 4.02. The Morgan fingerprint density at radius 2 is 1.77 bits per heavy atom. The predicted molar refractivity (Wildman–Crippen MR) is 103 cm³/mol. The number of hydrogen-bond donors (Lipinski definition) is 2. The number of carbonyl (C=O) groups excluding carboxylic acids is 2. The minimum Gasteiger partial charge on any atom is -0.385 e.